The van der Waals surface area contributed by atoms with Gasteiger partial charge in [-0.2, -0.15) is 0 Å². The molecule has 2 nitrogen and oxygen atoms in total. The third-order valence-corrected chi connectivity index (χ3v) is 2.71. The minimum Gasteiger partial charge on any atom is -0.264 e. The van der Waals surface area contributed by atoms with E-state index in [1.54, 1.807) is 0 Å². The van der Waals surface area contributed by atoms with Crippen LogP contribution in [-0.2, 0) is 12.8 Å². The van der Waals surface area contributed by atoms with Crippen LogP contribution in [0.3, 0.4) is 0 Å². The Labute approximate surface area is 82.7 Å². The van der Waals surface area contributed by atoms with Gasteiger partial charge in [-0.3, -0.25) is 9.97 Å². The molecule has 1 aliphatic rings. The van der Waals surface area contributed by atoms with Crippen molar-refractivity contribution in [3.8, 4) is 11.3 Å². The highest BCUT2D eigenvalue weighted by molar-refractivity contribution is 5.68. The second-order valence-electron chi connectivity index (χ2n) is 3.54. The second kappa shape index (κ2) is 2.91. The van der Waals surface area contributed by atoms with Gasteiger partial charge in [-0.1, -0.05) is 6.07 Å². The molecule has 2 aromatic heterocycles. The first-order chi connectivity index (χ1) is 6.95. The van der Waals surface area contributed by atoms with Crippen LogP contribution in [0.1, 0.15) is 11.1 Å². The standard InChI is InChI=1S/C12H10N2/c1-2-9-3-4-10-8-13-7-5-11(10)12(9)14-6-1/h1-2,5-8H,3-4H2. The van der Waals surface area contributed by atoms with Gasteiger partial charge in [0.25, 0.3) is 0 Å². The molecule has 0 N–H and O–H groups in total. The topological polar surface area (TPSA) is 25.8 Å². The highest BCUT2D eigenvalue weighted by Crippen LogP contribution is 2.30. The summed E-state index contributed by atoms with van der Waals surface area (Å²) >= 11 is 0. The Hall–Kier alpha value is -1.70. The molecule has 0 amide bonds. The zero-order valence-electron chi connectivity index (χ0n) is 7.77. The van der Waals surface area contributed by atoms with Gasteiger partial charge in [-0.15, -0.1) is 0 Å². The molecule has 0 unspecified atom stereocenters. The fourth-order valence-electron chi connectivity index (χ4n) is 2.01. The molecule has 0 aliphatic heterocycles. The highest BCUT2D eigenvalue weighted by atomic mass is 14.7. The third kappa shape index (κ3) is 1.04. The number of nitrogens with zero attached hydrogens (tertiary/aromatic N) is 2. The highest BCUT2D eigenvalue weighted by Gasteiger charge is 2.15. The summed E-state index contributed by atoms with van der Waals surface area (Å²) in [6.45, 7) is 0. The van der Waals surface area contributed by atoms with E-state index in [2.05, 4.69) is 22.1 Å². The summed E-state index contributed by atoms with van der Waals surface area (Å²) in [6.07, 6.45) is 7.81. The van der Waals surface area contributed by atoms with Crippen molar-refractivity contribution >= 4 is 0 Å². The number of hydrogen-bond acceptors (Lipinski definition) is 2. The molecule has 0 bridgehead atoms. The lowest BCUT2D eigenvalue weighted by atomic mass is 9.91. The van der Waals surface area contributed by atoms with Crippen LogP contribution in [0.25, 0.3) is 11.3 Å². The third-order valence-electron chi connectivity index (χ3n) is 2.71. The average Bonchev–Trinajstić information content (AvgIpc) is 2.29. The van der Waals surface area contributed by atoms with Gasteiger partial charge in [-0.05, 0) is 36.1 Å². The molecule has 68 valence electrons. The van der Waals surface area contributed by atoms with E-state index < -0.39 is 0 Å². The Morgan fingerprint density at radius 3 is 2.93 bits per heavy atom. The van der Waals surface area contributed by atoms with Crippen LogP contribution in [0, 0.1) is 0 Å². The van der Waals surface area contributed by atoms with Crippen molar-refractivity contribution in [2.75, 3.05) is 0 Å². The molecule has 0 radical (unpaired) electrons. The Balaban J connectivity index is 2.29. The van der Waals surface area contributed by atoms with Gasteiger partial charge in [-0.25, -0.2) is 0 Å². The number of rotatable bonds is 0. The minimum atomic E-state index is 1.09. The zero-order chi connectivity index (χ0) is 9.38. The molecule has 0 aromatic carbocycles. The SMILES string of the molecule is c1cnc2c(c1)CCc1cnccc1-2. The molecule has 0 atom stereocenters. The van der Waals surface area contributed by atoms with Crippen LogP contribution in [-0.4, -0.2) is 9.97 Å². The van der Waals surface area contributed by atoms with Gasteiger partial charge >= 0.3 is 0 Å². The number of hydrogen-bond donors (Lipinski definition) is 0. The largest absolute Gasteiger partial charge is 0.264 e. The van der Waals surface area contributed by atoms with Crippen LogP contribution < -0.4 is 0 Å². The van der Waals surface area contributed by atoms with Gasteiger partial charge in [0.2, 0.25) is 0 Å². The summed E-state index contributed by atoms with van der Waals surface area (Å²) in [4.78, 5) is 8.58. The first-order valence-electron chi connectivity index (χ1n) is 4.82. The number of fused-ring (bicyclic) bond motifs is 3. The van der Waals surface area contributed by atoms with E-state index in [4.69, 9.17) is 0 Å². The second-order valence-corrected chi connectivity index (χ2v) is 3.54. The molecule has 0 fully saturated rings. The van der Waals surface area contributed by atoms with E-state index in [9.17, 15) is 0 Å². The number of aryl methyl sites for hydroxylation is 2. The van der Waals surface area contributed by atoms with Gasteiger partial charge in [0.1, 0.15) is 0 Å². The monoisotopic (exact) mass is 182 g/mol. The summed E-state index contributed by atoms with van der Waals surface area (Å²) in [5.74, 6) is 0. The van der Waals surface area contributed by atoms with Crippen molar-refractivity contribution in [1.82, 2.24) is 9.97 Å². The molecule has 1 aliphatic carbocycles. The molecule has 0 spiro atoms. The predicted octanol–water partition coefficient (Wildman–Crippen LogP) is 2.24. The number of pyridine rings is 2. The summed E-state index contributed by atoms with van der Waals surface area (Å²) in [5, 5.41) is 0. The summed E-state index contributed by atoms with van der Waals surface area (Å²) in [7, 11) is 0. The first-order valence-corrected chi connectivity index (χ1v) is 4.82. The molecule has 2 heterocycles. The molecule has 0 saturated heterocycles. The molecular formula is C12H10N2. The van der Waals surface area contributed by atoms with E-state index in [0.717, 1.165) is 18.5 Å². The van der Waals surface area contributed by atoms with Crippen molar-refractivity contribution in [1.29, 1.82) is 0 Å². The maximum absolute atomic E-state index is 4.43. The van der Waals surface area contributed by atoms with Gasteiger partial charge in [0, 0.05) is 24.2 Å². The first kappa shape index (κ1) is 7.68. The van der Waals surface area contributed by atoms with E-state index in [0.29, 0.717) is 0 Å². The summed E-state index contributed by atoms with van der Waals surface area (Å²) < 4.78 is 0. The molecule has 3 rings (SSSR count). The Kier molecular flexibility index (Phi) is 1.60. The summed E-state index contributed by atoms with van der Waals surface area (Å²) in [6, 6.07) is 6.22. The average molecular weight is 182 g/mol. The van der Waals surface area contributed by atoms with Crippen molar-refractivity contribution in [2.45, 2.75) is 12.8 Å². The van der Waals surface area contributed by atoms with Crippen molar-refractivity contribution in [3.05, 3.63) is 47.9 Å². The van der Waals surface area contributed by atoms with E-state index >= 15 is 0 Å². The Morgan fingerprint density at radius 1 is 1.00 bits per heavy atom. The van der Waals surface area contributed by atoms with E-state index in [1.807, 2.05) is 24.7 Å². The molecule has 2 heteroatoms. The van der Waals surface area contributed by atoms with E-state index in [-0.39, 0.29) is 0 Å². The lowest BCUT2D eigenvalue weighted by Gasteiger charge is -2.17. The zero-order valence-corrected chi connectivity index (χ0v) is 7.77. The summed E-state index contributed by atoms with van der Waals surface area (Å²) in [5.41, 5.74) is 5.06. The Bertz CT molecular complexity index is 432. The molecule has 0 saturated carbocycles. The fourth-order valence-corrected chi connectivity index (χ4v) is 2.01. The normalized spacial score (nSPS) is 13.1. The van der Waals surface area contributed by atoms with Crippen LogP contribution in [0.15, 0.2) is 36.8 Å². The lowest BCUT2D eigenvalue weighted by Crippen LogP contribution is -2.05. The van der Waals surface area contributed by atoms with Crippen LogP contribution in [0.2, 0.25) is 0 Å². The van der Waals surface area contributed by atoms with Crippen molar-refractivity contribution in [2.24, 2.45) is 0 Å². The molecule has 14 heavy (non-hydrogen) atoms. The smallest absolute Gasteiger partial charge is 0.0737 e. The van der Waals surface area contributed by atoms with Crippen molar-refractivity contribution in [3.63, 3.8) is 0 Å². The lowest BCUT2D eigenvalue weighted by molar-refractivity contribution is 0.918. The maximum Gasteiger partial charge on any atom is 0.0737 e. The predicted molar refractivity (Wildman–Crippen MR) is 54.9 cm³/mol. The molecule has 2 aromatic rings. The Morgan fingerprint density at radius 2 is 1.93 bits per heavy atom. The maximum atomic E-state index is 4.43. The van der Waals surface area contributed by atoms with Crippen LogP contribution in [0.4, 0.5) is 0 Å². The van der Waals surface area contributed by atoms with Crippen LogP contribution >= 0.6 is 0 Å². The quantitative estimate of drug-likeness (QED) is 0.624. The molecular weight excluding hydrogens is 172 g/mol. The van der Waals surface area contributed by atoms with Crippen molar-refractivity contribution < 1.29 is 0 Å². The minimum absolute atomic E-state index is 1.09. The van der Waals surface area contributed by atoms with E-state index in [1.165, 1.54) is 16.7 Å². The fraction of sp³-hybridized carbons (Fsp3) is 0.167. The van der Waals surface area contributed by atoms with Crippen LogP contribution in [0.5, 0.6) is 0 Å². The number of aromatic nitrogens is 2. The van der Waals surface area contributed by atoms with Gasteiger partial charge in [0.05, 0.1) is 5.69 Å². The van der Waals surface area contributed by atoms with Gasteiger partial charge < -0.3 is 0 Å². The van der Waals surface area contributed by atoms with Gasteiger partial charge in [0.15, 0.2) is 0 Å².